The Hall–Kier alpha value is -4.86. The molecule has 0 bridgehead atoms. The lowest BCUT2D eigenvalue weighted by atomic mass is 10.0. The van der Waals surface area contributed by atoms with E-state index in [-0.39, 0.29) is 29.9 Å². The molecule has 0 saturated carbocycles. The maximum atomic E-state index is 13.1. The number of nitrogens with one attached hydrogen (secondary N) is 4. The maximum Gasteiger partial charge on any atom is 0.409 e. The molecule has 0 radical (unpaired) electrons. The van der Waals surface area contributed by atoms with E-state index in [4.69, 9.17) is 19.3 Å². The monoisotopic (exact) mass is 611 g/mol. The van der Waals surface area contributed by atoms with Crippen LogP contribution in [0.2, 0.25) is 0 Å². The van der Waals surface area contributed by atoms with E-state index in [0.717, 1.165) is 4.90 Å². The molecular weight excluding hydrogens is 578 g/mol. The van der Waals surface area contributed by atoms with Crippen LogP contribution in [-0.4, -0.2) is 104 Å². The Kier molecular flexibility index (Phi) is 11.3. The molecule has 1 fully saturated rings. The van der Waals surface area contributed by atoms with E-state index in [1.807, 2.05) is 0 Å². The van der Waals surface area contributed by atoms with E-state index < -0.39 is 35.8 Å². The minimum absolute atomic E-state index is 0.0534. The Morgan fingerprint density at radius 1 is 0.864 bits per heavy atom. The molecule has 2 aromatic carbocycles. The third-order valence-corrected chi connectivity index (χ3v) is 6.70. The van der Waals surface area contributed by atoms with Crippen LogP contribution in [0.5, 0.6) is 0 Å². The topological polar surface area (TPSA) is 202 Å². The molecule has 5 N–H and O–H groups in total. The molecular formula is C29H33N5O10. The predicted molar refractivity (Wildman–Crippen MR) is 154 cm³/mol. The first-order valence-electron chi connectivity index (χ1n) is 14.0. The standard InChI is InChI=1S/C29H33N5O10/c35-23-9-8-22(26(37)33-23)34-27(38)20-2-1-3-21(24(20)28(34)39)30-10-12-42-14-16-44-17-15-43-13-11-31-25(36)18-4-6-19(7-5-18)32-29(40)41/h1-7,22,30,32H,8-17H2,(H,31,36)(H,40,41)(H,33,35,37). The van der Waals surface area contributed by atoms with Crippen LogP contribution in [0.1, 0.15) is 43.9 Å². The molecule has 15 heteroatoms. The Balaban J connectivity index is 1.04. The van der Waals surface area contributed by atoms with E-state index in [9.17, 15) is 28.8 Å². The van der Waals surface area contributed by atoms with Gasteiger partial charge in [0.25, 0.3) is 17.7 Å². The van der Waals surface area contributed by atoms with Crippen LogP contribution in [0.25, 0.3) is 0 Å². The summed E-state index contributed by atoms with van der Waals surface area (Å²) in [6.07, 6.45) is -1.04. The fourth-order valence-electron chi connectivity index (χ4n) is 4.63. The number of nitrogens with zero attached hydrogens (tertiary/aromatic N) is 1. The van der Waals surface area contributed by atoms with Gasteiger partial charge in [-0.1, -0.05) is 6.07 Å². The van der Waals surface area contributed by atoms with Gasteiger partial charge in [0.15, 0.2) is 0 Å². The van der Waals surface area contributed by atoms with E-state index in [1.165, 1.54) is 30.3 Å². The molecule has 0 spiro atoms. The Morgan fingerprint density at radius 3 is 2.18 bits per heavy atom. The molecule has 15 nitrogen and oxygen atoms in total. The van der Waals surface area contributed by atoms with Gasteiger partial charge in [-0.05, 0) is 42.8 Å². The number of fused-ring (bicyclic) bond motifs is 1. The van der Waals surface area contributed by atoms with Crippen molar-refractivity contribution in [3.63, 3.8) is 0 Å². The number of rotatable bonds is 16. The molecule has 2 aliphatic heterocycles. The number of hydrogen-bond donors (Lipinski definition) is 5. The van der Waals surface area contributed by atoms with E-state index >= 15 is 0 Å². The number of carbonyl (C=O) groups is 6. The molecule has 6 amide bonds. The number of piperidine rings is 1. The van der Waals surface area contributed by atoms with Gasteiger partial charge < -0.3 is 30.0 Å². The lowest BCUT2D eigenvalue weighted by molar-refractivity contribution is -0.136. The van der Waals surface area contributed by atoms with Crippen LogP contribution in [0.3, 0.4) is 0 Å². The summed E-state index contributed by atoms with van der Waals surface area (Å²) in [7, 11) is 0. The quantitative estimate of drug-likeness (QED) is 0.134. The maximum absolute atomic E-state index is 13.1. The zero-order valence-electron chi connectivity index (χ0n) is 23.8. The van der Waals surface area contributed by atoms with Gasteiger partial charge in [-0.15, -0.1) is 0 Å². The molecule has 1 unspecified atom stereocenters. The summed E-state index contributed by atoms with van der Waals surface area (Å²) in [5.41, 5.74) is 1.61. The summed E-state index contributed by atoms with van der Waals surface area (Å²) >= 11 is 0. The summed E-state index contributed by atoms with van der Waals surface area (Å²) in [4.78, 5) is 73.4. The minimum atomic E-state index is -1.18. The highest BCUT2D eigenvalue weighted by Gasteiger charge is 2.45. The lowest BCUT2D eigenvalue weighted by Gasteiger charge is -2.27. The number of carbonyl (C=O) groups excluding carboxylic acids is 5. The van der Waals surface area contributed by atoms with Crippen LogP contribution in [0.15, 0.2) is 42.5 Å². The lowest BCUT2D eigenvalue weighted by Crippen LogP contribution is -2.54. The number of amides is 6. The minimum Gasteiger partial charge on any atom is -0.465 e. The van der Waals surface area contributed by atoms with Crippen molar-refractivity contribution in [2.45, 2.75) is 18.9 Å². The molecule has 2 heterocycles. The highest BCUT2D eigenvalue weighted by atomic mass is 16.5. The Labute approximate surface area is 252 Å². The zero-order valence-corrected chi connectivity index (χ0v) is 23.8. The summed E-state index contributed by atoms with van der Waals surface area (Å²) < 4.78 is 16.4. The molecule has 2 aromatic rings. The number of anilines is 2. The number of benzene rings is 2. The summed E-state index contributed by atoms with van der Waals surface area (Å²) in [5.74, 6) is -2.53. The van der Waals surface area contributed by atoms with Gasteiger partial charge in [-0.25, -0.2) is 4.79 Å². The summed E-state index contributed by atoms with van der Waals surface area (Å²) in [6, 6.07) is 9.85. The molecule has 44 heavy (non-hydrogen) atoms. The fraction of sp³-hybridized carbons (Fsp3) is 0.379. The van der Waals surface area contributed by atoms with Gasteiger partial charge >= 0.3 is 6.09 Å². The van der Waals surface area contributed by atoms with Crippen molar-refractivity contribution in [2.24, 2.45) is 0 Å². The van der Waals surface area contributed by atoms with Gasteiger partial charge in [0.05, 0.1) is 50.8 Å². The normalized spacial score (nSPS) is 16.0. The van der Waals surface area contributed by atoms with Gasteiger partial charge in [0.1, 0.15) is 6.04 Å². The highest BCUT2D eigenvalue weighted by Crippen LogP contribution is 2.32. The van der Waals surface area contributed by atoms with Crippen LogP contribution < -0.4 is 21.3 Å². The Bertz CT molecular complexity index is 1400. The van der Waals surface area contributed by atoms with Gasteiger partial charge in [0, 0.05) is 36.4 Å². The van der Waals surface area contributed by atoms with Gasteiger partial charge in [0.2, 0.25) is 11.8 Å². The average molecular weight is 612 g/mol. The van der Waals surface area contributed by atoms with E-state index in [2.05, 4.69) is 21.3 Å². The van der Waals surface area contributed by atoms with E-state index in [0.29, 0.717) is 69.7 Å². The average Bonchev–Trinajstić information content (AvgIpc) is 3.25. The second-order valence-electron chi connectivity index (χ2n) is 9.70. The molecule has 1 saturated heterocycles. The van der Waals surface area contributed by atoms with Crippen molar-refractivity contribution in [3.8, 4) is 0 Å². The zero-order chi connectivity index (χ0) is 31.5. The van der Waals surface area contributed by atoms with E-state index in [1.54, 1.807) is 12.1 Å². The van der Waals surface area contributed by atoms with Crippen LogP contribution in [-0.2, 0) is 23.8 Å². The van der Waals surface area contributed by atoms with Crippen molar-refractivity contribution in [2.75, 3.05) is 63.4 Å². The SMILES string of the molecule is O=C(O)Nc1ccc(C(=O)NCCOCCOCCOCCNc2cccc3c2C(=O)N(C2CCC(=O)NC2=O)C3=O)cc1. The first-order valence-corrected chi connectivity index (χ1v) is 14.0. The molecule has 234 valence electrons. The molecule has 4 rings (SSSR count). The smallest absolute Gasteiger partial charge is 0.409 e. The fourth-order valence-corrected chi connectivity index (χ4v) is 4.63. The highest BCUT2D eigenvalue weighted by molar-refractivity contribution is 6.25. The third-order valence-electron chi connectivity index (χ3n) is 6.70. The largest absolute Gasteiger partial charge is 0.465 e. The Morgan fingerprint density at radius 2 is 1.52 bits per heavy atom. The van der Waals surface area contributed by atoms with Crippen LogP contribution in [0.4, 0.5) is 16.2 Å². The van der Waals surface area contributed by atoms with Crippen molar-refractivity contribution >= 4 is 47.0 Å². The van der Waals surface area contributed by atoms with Crippen molar-refractivity contribution in [1.82, 2.24) is 15.5 Å². The first-order chi connectivity index (χ1) is 21.3. The van der Waals surface area contributed by atoms with Crippen LogP contribution in [0, 0.1) is 0 Å². The summed E-state index contributed by atoms with van der Waals surface area (Å²) in [6.45, 7) is 2.57. The summed E-state index contributed by atoms with van der Waals surface area (Å²) in [5, 5.41) is 18.9. The second kappa shape index (κ2) is 15.6. The third kappa shape index (κ3) is 8.37. The number of ether oxygens (including phenoxy) is 3. The number of imide groups is 2. The van der Waals surface area contributed by atoms with Gasteiger partial charge in [-0.3, -0.25) is 39.5 Å². The number of carboxylic acid groups (broad SMARTS) is 1. The molecule has 1 atom stereocenters. The second-order valence-corrected chi connectivity index (χ2v) is 9.70. The van der Waals surface area contributed by atoms with Crippen LogP contribution >= 0.6 is 0 Å². The molecule has 2 aliphatic rings. The first kappa shape index (κ1) is 32.1. The van der Waals surface area contributed by atoms with Crippen molar-refractivity contribution < 1.29 is 48.1 Å². The van der Waals surface area contributed by atoms with Gasteiger partial charge in [-0.2, -0.15) is 0 Å². The predicted octanol–water partition coefficient (Wildman–Crippen LogP) is 1.07. The van der Waals surface area contributed by atoms with Crippen molar-refractivity contribution in [3.05, 3.63) is 59.2 Å². The van der Waals surface area contributed by atoms with Crippen molar-refractivity contribution in [1.29, 1.82) is 0 Å². The number of hydrogen-bond acceptors (Lipinski definition) is 10. The molecule has 0 aromatic heterocycles. The molecule has 0 aliphatic carbocycles.